The van der Waals surface area contributed by atoms with E-state index >= 15 is 0 Å². The molecule has 4 nitrogen and oxygen atoms in total. The summed E-state index contributed by atoms with van der Waals surface area (Å²) in [6.07, 6.45) is 11.6. The van der Waals surface area contributed by atoms with E-state index in [0.29, 0.717) is 0 Å². The molecule has 86 valence electrons. The van der Waals surface area contributed by atoms with Crippen molar-refractivity contribution >= 4 is 0 Å². The van der Waals surface area contributed by atoms with Crippen LogP contribution in [-0.4, -0.2) is 15.0 Å². The maximum absolute atomic E-state index is 4.58. The third-order valence-electron chi connectivity index (χ3n) is 1.47. The highest BCUT2D eigenvalue weighted by atomic mass is 16.3. The molecule has 0 amide bonds. The molecule has 4 heteroatoms. The fraction of sp³-hybridized carbons (Fsp3) is 0. The number of furan rings is 1. The zero-order valence-corrected chi connectivity index (χ0v) is 9.26. The average Bonchev–Trinajstić information content (AvgIpc) is 3.03. The van der Waals surface area contributed by atoms with Crippen LogP contribution in [0.3, 0.4) is 0 Å². The summed E-state index contributed by atoms with van der Waals surface area (Å²) in [7, 11) is 0. The SMILES string of the molecule is c1ccncc1.c1ccoc1.c1cncnc1. The maximum atomic E-state index is 4.58. The van der Waals surface area contributed by atoms with Gasteiger partial charge >= 0.3 is 0 Å². The topological polar surface area (TPSA) is 51.8 Å². The number of pyridine rings is 1. The fourth-order valence-corrected chi connectivity index (χ4v) is 0.793. The predicted octanol–water partition coefficient (Wildman–Crippen LogP) is 2.84. The van der Waals surface area contributed by atoms with Gasteiger partial charge in [-0.15, -0.1) is 0 Å². The lowest BCUT2D eigenvalue weighted by Gasteiger charge is -1.70. The van der Waals surface area contributed by atoms with Crippen molar-refractivity contribution in [3.63, 3.8) is 0 Å². The second-order valence-corrected chi connectivity index (χ2v) is 2.72. The molecule has 0 saturated heterocycles. The van der Waals surface area contributed by atoms with Gasteiger partial charge in [0.25, 0.3) is 0 Å². The Hall–Kier alpha value is -2.49. The number of aromatic nitrogens is 3. The summed E-state index contributed by atoms with van der Waals surface area (Å²) in [4.78, 5) is 11.1. The molecule has 0 aliphatic heterocycles. The van der Waals surface area contributed by atoms with Crippen LogP contribution in [0.5, 0.6) is 0 Å². The second-order valence-electron chi connectivity index (χ2n) is 2.72. The number of rotatable bonds is 0. The van der Waals surface area contributed by atoms with Gasteiger partial charge in [-0.2, -0.15) is 0 Å². The van der Waals surface area contributed by atoms with Gasteiger partial charge in [0.1, 0.15) is 6.33 Å². The van der Waals surface area contributed by atoms with Crippen LogP contribution in [0, 0.1) is 0 Å². The van der Waals surface area contributed by atoms with Crippen molar-refractivity contribution in [1.29, 1.82) is 0 Å². The van der Waals surface area contributed by atoms with Crippen molar-refractivity contribution in [2.24, 2.45) is 0 Å². The lowest BCUT2D eigenvalue weighted by molar-refractivity contribution is 0.567. The van der Waals surface area contributed by atoms with Crippen LogP contribution in [0.2, 0.25) is 0 Å². The number of nitrogens with zero attached hydrogens (tertiary/aromatic N) is 3. The number of hydrogen-bond acceptors (Lipinski definition) is 4. The van der Waals surface area contributed by atoms with Gasteiger partial charge in [0.15, 0.2) is 0 Å². The normalized spacial score (nSPS) is 8.00. The Labute approximate surface area is 100 Å². The summed E-state index contributed by atoms with van der Waals surface area (Å²) in [6, 6.07) is 11.2. The van der Waals surface area contributed by atoms with E-state index < -0.39 is 0 Å². The lowest BCUT2D eigenvalue weighted by atomic mass is 10.5. The minimum atomic E-state index is 1.50. The van der Waals surface area contributed by atoms with E-state index in [4.69, 9.17) is 0 Å². The highest BCUT2D eigenvalue weighted by molar-refractivity contribution is 4.88. The minimum absolute atomic E-state index is 1.50. The van der Waals surface area contributed by atoms with Crippen molar-refractivity contribution in [2.75, 3.05) is 0 Å². The monoisotopic (exact) mass is 227 g/mol. The fourth-order valence-electron chi connectivity index (χ4n) is 0.793. The Morgan fingerprint density at radius 2 is 1.12 bits per heavy atom. The van der Waals surface area contributed by atoms with Crippen molar-refractivity contribution in [1.82, 2.24) is 15.0 Å². The van der Waals surface area contributed by atoms with Crippen molar-refractivity contribution in [2.45, 2.75) is 0 Å². The molecule has 0 fully saturated rings. The molecule has 3 aromatic rings. The first-order valence-corrected chi connectivity index (χ1v) is 5.02. The van der Waals surface area contributed by atoms with Gasteiger partial charge in [-0.25, -0.2) is 9.97 Å². The van der Waals surface area contributed by atoms with Crippen LogP contribution >= 0.6 is 0 Å². The summed E-state index contributed by atoms with van der Waals surface area (Å²) >= 11 is 0. The molecule has 0 spiro atoms. The summed E-state index contributed by atoms with van der Waals surface area (Å²) in [5.74, 6) is 0. The Bertz CT molecular complexity index is 327. The van der Waals surface area contributed by atoms with Crippen molar-refractivity contribution in [3.05, 3.63) is 80.0 Å². The first-order chi connectivity index (χ1) is 8.50. The summed E-state index contributed by atoms with van der Waals surface area (Å²) < 4.78 is 4.58. The van der Waals surface area contributed by atoms with E-state index in [9.17, 15) is 0 Å². The molecule has 17 heavy (non-hydrogen) atoms. The molecule has 0 aromatic carbocycles. The van der Waals surface area contributed by atoms with Crippen LogP contribution in [0.15, 0.2) is 84.5 Å². The van der Waals surface area contributed by atoms with Crippen LogP contribution in [0.1, 0.15) is 0 Å². The Morgan fingerprint density at radius 1 is 0.529 bits per heavy atom. The standard InChI is InChI=1S/C5H5N.C4H4N2.C4H4O/c1-2-4-6-5-3-1;1-2-5-4-6-3-1;1-2-4-5-3-1/h1-5H;1-4H;1-4H. The molecule has 0 aliphatic carbocycles. The molecule has 3 heterocycles. The molecule has 0 atom stereocenters. The second kappa shape index (κ2) is 10.0. The smallest absolute Gasteiger partial charge is 0.115 e. The zero-order valence-electron chi connectivity index (χ0n) is 9.26. The minimum Gasteiger partial charge on any atom is -0.473 e. The largest absolute Gasteiger partial charge is 0.473 e. The molecule has 3 rings (SSSR count). The zero-order chi connectivity index (χ0) is 12.0. The highest BCUT2D eigenvalue weighted by Gasteiger charge is 1.60. The van der Waals surface area contributed by atoms with Gasteiger partial charge in [-0.05, 0) is 30.3 Å². The molecule has 0 N–H and O–H groups in total. The summed E-state index contributed by atoms with van der Waals surface area (Å²) in [5, 5.41) is 0. The lowest BCUT2D eigenvalue weighted by Crippen LogP contribution is -1.66. The van der Waals surface area contributed by atoms with E-state index in [1.54, 1.807) is 43.4 Å². The molecular formula is C13H13N3O. The first kappa shape index (κ1) is 12.6. The third-order valence-corrected chi connectivity index (χ3v) is 1.47. The summed E-state index contributed by atoms with van der Waals surface area (Å²) in [6.45, 7) is 0. The molecular weight excluding hydrogens is 214 g/mol. The summed E-state index contributed by atoms with van der Waals surface area (Å²) in [5.41, 5.74) is 0. The Kier molecular flexibility index (Phi) is 7.43. The van der Waals surface area contributed by atoms with E-state index in [0.717, 1.165) is 0 Å². The molecule has 0 aliphatic rings. The Morgan fingerprint density at radius 3 is 1.29 bits per heavy atom. The first-order valence-electron chi connectivity index (χ1n) is 5.02. The van der Waals surface area contributed by atoms with Gasteiger partial charge in [0.05, 0.1) is 12.5 Å². The quantitative estimate of drug-likeness (QED) is 0.592. The van der Waals surface area contributed by atoms with Gasteiger partial charge in [0.2, 0.25) is 0 Å². The third kappa shape index (κ3) is 8.50. The highest BCUT2D eigenvalue weighted by Crippen LogP contribution is 1.79. The molecule has 0 saturated carbocycles. The van der Waals surface area contributed by atoms with Crippen LogP contribution in [0.25, 0.3) is 0 Å². The average molecular weight is 227 g/mol. The van der Waals surface area contributed by atoms with Gasteiger partial charge in [0, 0.05) is 24.8 Å². The number of hydrogen-bond donors (Lipinski definition) is 0. The molecule has 0 radical (unpaired) electrons. The molecule has 0 bridgehead atoms. The Balaban J connectivity index is 0.000000128. The van der Waals surface area contributed by atoms with Crippen LogP contribution in [0.4, 0.5) is 0 Å². The van der Waals surface area contributed by atoms with Gasteiger partial charge in [-0.1, -0.05) is 6.07 Å². The van der Waals surface area contributed by atoms with Gasteiger partial charge in [-0.3, -0.25) is 4.98 Å². The van der Waals surface area contributed by atoms with Gasteiger partial charge < -0.3 is 4.42 Å². The molecule has 0 unspecified atom stereocenters. The molecule has 3 aromatic heterocycles. The van der Waals surface area contributed by atoms with E-state index in [1.807, 2.05) is 30.3 Å². The van der Waals surface area contributed by atoms with Crippen LogP contribution < -0.4 is 0 Å². The van der Waals surface area contributed by atoms with E-state index in [-0.39, 0.29) is 0 Å². The van der Waals surface area contributed by atoms with Crippen molar-refractivity contribution in [3.8, 4) is 0 Å². The predicted molar refractivity (Wildman–Crippen MR) is 65.0 cm³/mol. The van der Waals surface area contributed by atoms with Crippen molar-refractivity contribution < 1.29 is 4.42 Å². The maximum Gasteiger partial charge on any atom is 0.115 e. The van der Waals surface area contributed by atoms with Crippen LogP contribution in [-0.2, 0) is 0 Å². The van der Waals surface area contributed by atoms with E-state index in [2.05, 4.69) is 19.4 Å². The van der Waals surface area contributed by atoms with E-state index in [1.165, 1.54) is 6.33 Å².